The summed E-state index contributed by atoms with van der Waals surface area (Å²) in [5.41, 5.74) is 0.284. The van der Waals surface area contributed by atoms with Gasteiger partial charge in [0.1, 0.15) is 6.54 Å². The Balaban J connectivity index is 3.06. The number of methoxy groups -OCH3 is 1. The fourth-order valence-electron chi connectivity index (χ4n) is 1.33. The van der Waals surface area contributed by atoms with Gasteiger partial charge in [0.2, 0.25) is 5.91 Å². The Hall–Kier alpha value is -1.85. The van der Waals surface area contributed by atoms with Crippen LogP contribution < -0.4 is 10.3 Å². The smallest absolute Gasteiger partial charge is 0.299 e. The quantitative estimate of drug-likeness (QED) is 0.744. The summed E-state index contributed by atoms with van der Waals surface area (Å²) in [5.74, 6) is -0.154. The fourth-order valence-corrected chi connectivity index (χ4v) is 1.33. The van der Waals surface area contributed by atoms with Crippen LogP contribution in [0.25, 0.3) is 0 Å². The number of amides is 1. The van der Waals surface area contributed by atoms with Gasteiger partial charge in [0, 0.05) is 25.4 Å². The van der Waals surface area contributed by atoms with Gasteiger partial charge in [-0.15, -0.1) is 0 Å². The Morgan fingerprint density at radius 3 is 2.76 bits per heavy atom. The van der Waals surface area contributed by atoms with Crippen molar-refractivity contribution in [1.82, 2.24) is 14.5 Å². The van der Waals surface area contributed by atoms with Crippen LogP contribution in [0.1, 0.15) is 12.6 Å². The molecule has 94 valence electrons. The monoisotopic (exact) mass is 239 g/mol. The Morgan fingerprint density at radius 2 is 2.24 bits per heavy atom. The molecule has 0 aliphatic heterocycles. The molecule has 1 rings (SSSR count). The van der Waals surface area contributed by atoms with Gasteiger partial charge in [0.25, 0.3) is 11.6 Å². The van der Waals surface area contributed by atoms with Crippen molar-refractivity contribution in [2.24, 2.45) is 0 Å². The molecule has 1 heterocycles. The third kappa shape index (κ3) is 3.05. The van der Waals surface area contributed by atoms with Crippen LogP contribution in [-0.4, -0.2) is 41.1 Å². The molecule has 6 heteroatoms. The van der Waals surface area contributed by atoms with Crippen LogP contribution in [0.3, 0.4) is 0 Å². The lowest BCUT2D eigenvalue weighted by Crippen LogP contribution is -2.34. The summed E-state index contributed by atoms with van der Waals surface area (Å²) in [4.78, 5) is 29.1. The van der Waals surface area contributed by atoms with Crippen LogP contribution in [-0.2, 0) is 11.3 Å². The molecule has 1 amide bonds. The number of likely N-dealkylation sites (N-methyl/N-ethyl adjacent to an activating group) is 1. The van der Waals surface area contributed by atoms with E-state index >= 15 is 0 Å². The number of carbonyl (C=O) groups is 1. The molecule has 0 aliphatic carbocycles. The van der Waals surface area contributed by atoms with Crippen molar-refractivity contribution in [3.8, 4) is 6.01 Å². The molecular formula is C11H17N3O3. The highest BCUT2D eigenvalue weighted by Crippen LogP contribution is 2.04. The van der Waals surface area contributed by atoms with E-state index in [0.29, 0.717) is 12.2 Å². The highest BCUT2D eigenvalue weighted by molar-refractivity contribution is 5.75. The molecule has 0 saturated carbocycles. The fraction of sp³-hybridized carbons (Fsp3) is 0.545. The van der Waals surface area contributed by atoms with Crippen molar-refractivity contribution in [3.63, 3.8) is 0 Å². The summed E-state index contributed by atoms with van der Waals surface area (Å²) >= 11 is 0. The molecule has 0 saturated heterocycles. The number of aromatic nitrogens is 2. The van der Waals surface area contributed by atoms with E-state index in [9.17, 15) is 9.59 Å². The first-order valence-corrected chi connectivity index (χ1v) is 5.36. The molecular weight excluding hydrogens is 222 g/mol. The third-order valence-electron chi connectivity index (χ3n) is 2.48. The average Bonchev–Trinajstić information content (AvgIpc) is 2.30. The van der Waals surface area contributed by atoms with E-state index in [-0.39, 0.29) is 24.0 Å². The van der Waals surface area contributed by atoms with E-state index in [1.54, 1.807) is 14.0 Å². The number of nitrogens with zero attached hydrogens (tertiary/aromatic N) is 3. The summed E-state index contributed by atoms with van der Waals surface area (Å²) in [6, 6.07) is 1.54. The minimum absolute atomic E-state index is 0.0559. The van der Waals surface area contributed by atoms with Gasteiger partial charge in [-0.25, -0.2) is 4.98 Å². The molecule has 6 nitrogen and oxygen atoms in total. The average molecular weight is 239 g/mol. The van der Waals surface area contributed by atoms with E-state index < -0.39 is 0 Å². The lowest BCUT2D eigenvalue weighted by Gasteiger charge is -2.16. The number of hydrogen-bond donors (Lipinski definition) is 0. The lowest BCUT2D eigenvalue weighted by atomic mass is 10.4. The van der Waals surface area contributed by atoms with Crippen molar-refractivity contribution in [1.29, 1.82) is 0 Å². The molecule has 0 bridgehead atoms. The molecule has 0 fully saturated rings. The first-order valence-electron chi connectivity index (χ1n) is 5.36. The topological polar surface area (TPSA) is 64.4 Å². The largest absolute Gasteiger partial charge is 0.468 e. The van der Waals surface area contributed by atoms with Gasteiger partial charge < -0.3 is 9.64 Å². The van der Waals surface area contributed by atoms with Crippen molar-refractivity contribution in [3.05, 3.63) is 22.1 Å². The first-order chi connectivity index (χ1) is 7.99. The zero-order valence-corrected chi connectivity index (χ0v) is 10.6. The summed E-state index contributed by atoms with van der Waals surface area (Å²) in [7, 11) is 3.10. The molecule has 0 aliphatic rings. The SMILES string of the molecule is CCN(C)C(=O)Cn1c(OC)nc(C)cc1=O. The second kappa shape index (κ2) is 5.47. The summed E-state index contributed by atoms with van der Waals surface area (Å²) in [6.07, 6.45) is 0. The minimum Gasteiger partial charge on any atom is -0.468 e. The van der Waals surface area contributed by atoms with Gasteiger partial charge in [-0.2, -0.15) is 0 Å². The maximum atomic E-state index is 11.7. The molecule has 1 aromatic heterocycles. The van der Waals surface area contributed by atoms with E-state index in [1.807, 2.05) is 6.92 Å². The van der Waals surface area contributed by atoms with Crippen LogP contribution in [0.2, 0.25) is 0 Å². The van der Waals surface area contributed by atoms with Crippen LogP contribution >= 0.6 is 0 Å². The Bertz CT molecular complexity index is 468. The molecule has 0 aromatic carbocycles. The zero-order valence-electron chi connectivity index (χ0n) is 10.6. The van der Waals surface area contributed by atoms with Crippen molar-refractivity contribution >= 4 is 5.91 Å². The summed E-state index contributed by atoms with van der Waals surface area (Å²) in [6.45, 7) is 4.11. The van der Waals surface area contributed by atoms with Crippen LogP contribution in [0, 0.1) is 6.92 Å². The van der Waals surface area contributed by atoms with E-state index in [4.69, 9.17) is 4.74 Å². The molecule has 0 atom stereocenters. The zero-order chi connectivity index (χ0) is 13.0. The van der Waals surface area contributed by atoms with Crippen molar-refractivity contribution in [2.75, 3.05) is 20.7 Å². The standard InChI is InChI=1S/C11H17N3O3/c1-5-13(3)10(16)7-14-9(15)6-8(2)12-11(14)17-4/h6H,5,7H2,1-4H3. The Morgan fingerprint density at radius 1 is 1.59 bits per heavy atom. The third-order valence-corrected chi connectivity index (χ3v) is 2.48. The van der Waals surface area contributed by atoms with E-state index in [1.165, 1.54) is 22.6 Å². The van der Waals surface area contributed by atoms with Crippen LogP contribution in [0.5, 0.6) is 6.01 Å². The number of rotatable bonds is 4. The molecule has 0 unspecified atom stereocenters. The summed E-state index contributed by atoms with van der Waals surface area (Å²) in [5, 5.41) is 0. The molecule has 17 heavy (non-hydrogen) atoms. The second-order valence-corrected chi connectivity index (χ2v) is 3.72. The number of hydrogen-bond acceptors (Lipinski definition) is 4. The molecule has 0 spiro atoms. The first kappa shape index (κ1) is 13.2. The minimum atomic E-state index is -0.285. The van der Waals surface area contributed by atoms with Crippen LogP contribution in [0.4, 0.5) is 0 Å². The van der Waals surface area contributed by atoms with Crippen molar-refractivity contribution < 1.29 is 9.53 Å². The molecule has 0 N–H and O–H groups in total. The van der Waals surface area contributed by atoms with Gasteiger partial charge in [-0.05, 0) is 13.8 Å². The predicted octanol–water partition coefficient (Wildman–Crippen LogP) is 0.0386. The van der Waals surface area contributed by atoms with Gasteiger partial charge >= 0.3 is 0 Å². The Kier molecular flexibility index (Phi) is 4.25. The van der Waals surface area contributed by atoms with Gasteiger partial charge in [0.05, 0.1) is 7.11 Å². The number of carbonyl (C=O) groups excluding carboxylic acids is 1. The van der Waals surface area contributed by atoms with E-state index in [0.717, 1.165) is 0 Å². The lowest BCUT2D eigenvalue weighted by molar-refractivity contribution is -0.130. The van der Waals surface area contributed by atoms with Gasteiger partial charge in [-0.3, -0.25) is 14.2 Å². The number of aryl methyl sites for hydroxylation is 1. The molecule has 0 radical (unpaired) electrons. The Labute approximate surface area is 99.8 Å². The predicted molar refractivity (Wildman–Crippen MR) is 63.1 cm³/mol. The van der Waals surface area contributed by atoms with Crippen molar-refractivity contribution in [2.45, 2.75) is 20.4 Å². The highest BCUT2D eigenvalue weighted by atomic mass is 16.5. The second-order valence-electron chi connectivity index (χ2n) is 3.72. The summed E-state index contributed by atoms with van der Waals surface area (Å²) < 4.78 is 6.23. The molecule has 1 aromatic rings. The normalized spacial score (nSPS) is 10.1. The maximum absolute atomic E-state index is 11.7. The van der Waals surface area contributed by atoms with Crippen LogP contribution in [0.15, 0.2) is 10.9 Å². The van der Waals surface area contributed by atoms with Gasteiger partial charge in [0.15, 0.2) is 0 Å². The van der Waals surface area contributed by atoms with Gasteiger partial charge in [-0.1, -0.05) is 0 Å². The maximum Gasteiger partial charge on any atom is 0.299 e. The highest BCUT2D eigenvalue weighted by Gasteiger charge is 2.13. The number of ether oxygens (including phenoxy) is 1. The van der Waals surface area contributed by atoms with E-state index in [2.05, 4.69) is 4.98 Å².